The first kappa shape index (κ1) is 43.3. The Balaban J connectivity index is 0.000000196. The third-order valence-corrected chi connectivity index (χ3v) is 10.2. The highest BCUT2D eigenvalue weighted by molar-refractivity contribution is 5.83. The molecule has 0 aliphatic carbocycles. The van der Waals surface area contributed by atoms with E-state index in [4.69, 9.17) is 32.5 Å². The van der Waals surface area contributed by atoms with Crippen molar-refractivity contribution in [3.63, 3.8) is 0 Å². The molecular weight excluding hydrogens is 768 g/mol. The molecule has 2 aromatic carbocycles. The van der Waals surface area contributed by atoms with Crippen molar-refractivity contribution in [2.45, 2.75) is 113 Å². The third kappa shape index (κ3) is 8.69. The molecule has 12 atom stereocenters. The molecule has 0 bridgehead atoms. The molecule has 7 rings (SSSR count). The highest BCUT2D eigenvalue weighted by atomic mass is 16.7. The lowest BCUT2D eigenvalue weighted by Crippen LogP contribution is -2.62. The monoisotopic (exact) mass is 816 g/mol. The van der Waals surface area contributed by atoms with Gasteiger partial charge >= 0.3 is 11.3 Å². The molecular formula is C40H48O18. The minimum Gasteiger partial charge on any atom is -0.484 e. The van der Waals surface area contributed by atoms with Gasteiger partial charge in [0.2, 0.25) is 6.29 Å². The van der Waals surface area contributed by atoms with E-state index in [0.29, 0.717) is 39.8 Å². The van der Waals surface area contributed by atoms with Crippen LogP contribution in [0.2, 0.25) is 0 Å². The van der Waals surface area contributed by atoms with Crippen LogP contribution in [0.1, 0.15) is 44.9 Å². The zero-order chi connectivity index (χ0) is 42.2. The Morgan fingerprint density at radius 2 is 1.21 bits per heavy atom. The fourth-order valence-corrected chi connectivity index (χ4v) is 7.01. The van der Waals surface area contributed by atoms with Crippen molar-refractivity contribution >= 4 is 21.9 Å². The normalized spacial score (nSPS) is 31.7. The fourth-order valence-electron chi connectivity index (χ4n) is 7.01. The van der Waals surface area contributed by atoms with Gasteiger partial charge in [0, 0.05) is 28.5 Å². The van der Waals surface area contributed by atoms with E-state index in [0.717, 1.165) is 5.57 Å². The molecule has 2 aromatic heterocycles. The fraction of sp³-hybridized carbons (Fsp3) is 0.500. The summed E-state index contributed by atoms with van der Waals surface area (Å²) in [6.07, 6.45) is -14.5. The molecule has 2 fully saturated rings. The van der Waals surface area contributed by atoms with Crippen LogP contribution in [0.25, 0.3) is 21.9 Å². The Kier molecular flexibility index (Phi) is 13.1. The molecule has 12 unspecified atom stereocenters. The van der Waals surface area contributed by atoms with E-state index in [1.807, 2.05) is 19.9 Å². The van der Waals surface area contributed by atoms with Crippen molar-refractivity contribution in [1.29, 1.82) is 0 Å². The molecule has 18 nitrogen and oxygen atoms in total. The molecule has 3 aliphatic heterocycles. The van der Waals surface area contributed by atoms with Gasteiger partial charge in [0.15, 0.2) is 6.29 Å². The molecule has 0 amide bonds. The summed E-state index contributed by atoms with van der Waals surface area (Å²) < 4.78 is 39.0. The number of rotatable bonds is 8. The van der Waals surface area contributed by atoms with Gasteiger partial charge in [0.1, 0.15) is 89.3 Å². The van der Waals surface area contributed by atoms with Gasteiger partial charge in [-0.1, -0.05) is 11.6 Å². The molecule has 4 aromatic rings. The van der Waals surface area contributed by atoms with E-state index in [2.05, 4.69) is 0 Å². The van der Waals surface area contributed by atoms with E-state index in [-0.39, 0.29) is 11.1 Å². The van der Waals surface area contributed by atoms with E-state index in [1.54, 1.807) is 50.2 Å². The van der Waals surface area contributed by atoms with Crippen molar-refractivity contribution < 1.29 is 78.5 Å². The molecule has 58 heavy (non-hydrogen) atoms. The molecule has 0 spiro atoms. The summed E-state index contributed by atoms with van der Waals surface area (Å²) in [4.78, 5) is 23.4. The molecule has 0 saturated carbocycles. The molecule has 5 heterocycles. The number of aliphatic hydroxyl groups is 9. The van der Waals surface area contributed by atoms with Gasteiger partial charge in [-0.25, -0.2) is 9.59 Å². The van der Waals surface area contributed by atoms with Gasteiger partial charge in [-0.05, 0) is 70.5 Å². The smallest absolute Gasteiger partial charge is 0.336 e. The molecule has 18 heteroatoms. The standard InChI is InChI=1S/C20H24O10.C20H24O8/c1-20(2)18(29-19-16(26)15(25)13(23)10(7-21)27-19)14(24)12-9(30-20)5-3-8-4-6-11(22)28-17(8)12;1-10(2)3-6-12-13(7-4-11-5-8-15(22)28-19(11)12)26-20-18(25)17(24)16(23)14(9-21)27-20/h3-6,10,13-16,18-19,21,23-26H,7H2,1-2H3;3-5,7-8,14,16-18,20-21,23-25H,6,9H2,1-2H3. The van der Waals surface area contributed by atoms with Crippen LogP contribution in [0, 0.1) is 0 Å². The van der Waals surface area contributed by atoms with Crippen LogP contribution in [0.15, 0.2) is 78.6 Å². The quantitative estimate of drug-likeness (QED) is 0.0812. The SMILES string of the molecule is CC(C)=CCc1c(OC2OC(CO)C(O)C(O)C2O)ccc2ccc(=O)oc12.CC1(C)Oc2ccc3ccc(=O)oc3c2C(O)C1OC1OC(CO)C(O)C(O)C1O. The number of fused-ring (bicyclic) bond motifs is 4. The second-order valence-electron chi connectivity index (χ2n) is 15.1. The van der Waals surface area contributed by atoms with E-state index in [9.17, 15) is 55.5 Å². The van der Waals surface area contributed by atoms with Gasteiger partial charge in [0.25, 0.3) is 0 Å². The average molecular weight is 817 g/mol. The van der Waals surface area contributed by atoms with Gasteiger partial charge < -0.3 is 78.5 Å². The van der Waals surface area contributed by atoms with Crippen molar-refractivity contribution in [1.82, 2.24) is 0 Å². The van der Waals surface area contributed by atoms with Crippen molar-refractivity contribution in [2.24, 2.45) is 0 Å². The number of benzene rings is 2. The summed E-state index contributed by atoms with van der Waals surface area (Å²) >= 11 is 0. The Bertz CT molecular complexity index is 2210. The van der Waals surface area contributed by atoms with Crippen LogP contribution in [0.3, 0.4) is 0 Å². The summed E-state index contributed by atoms with van der Waals surface area (Å²) in [6.45, 7) is 6.00. The summed E-state index contributed by atoms with van der Waals surface area (Å²) in [5.41, 5.74) is 0.114. The number of hydrogen-bond donors (Lipinski definition) is 9. The molecule has 3 aliphatic rings. The maximum absolute atomic E-state index is 11.7. The van der Waals surface area contributed by atoms with Gasteiger partial charge in [-0.15, -0.1) is 0 Å². The lowest BCUT2D eigenvalue weighted by molar-refractivity contribution is -0.330. The Morgan fingerprint density at radius 3 is 1.79 bits per heavy atom. The average Bonchev–Trinajstić information content (AvgIpc) is 3.18. The molecule has 0 radical (unpaired) electrons. The topological polar surface area (TPSA) is 289 Å². The predicted octanol–water partition coefficient (Wildman–Crippen LogP) is -0.337. The summed E-state index contributed by atoms with van der Waals surface area (Å²) in [7, 11) is 0. The number of aliphatic hydroxyl groups excluding tert-OH is 9. The lowest BCUT2D eigenvalue weighted by atomic mass is 9.87. The first-order valence-electron chi connectivity index (χ1n) is 18.5. The van der Waals surface area contributed by atoms with Gasteiger partial charge in [-0.2, -0.15) is 0 Å². The molecule has 316 valence electrons. The minimum atomic E-state index is -1.64. The molecule has 9 N–H and O–H groups in total. The number of hydrogen-bond acceptors (Lipinski definition) is 18. The molecule has 2 saturated heterocycles. The second kappa shape index (κ2) is 17.5. The van der Waals surface area contributed by atoms with Gasteiger partial charge in [0.05, 0.1) is 18.8 Å². The maximum Gasteiger partial charge on any atom is 0.336 e. The highest BCUT2D eigenvalue weighted by Crippen LogP contribution is 2.45. The lowest BCUT2D eigenvalue weighted by Gasteiger charge is -2.46. The summed E-state index contributed by atoms with van der Waals surface area (Å²) in [6, 6.07) is 12.5. The first-order valence-corrected chi connectivity index (χ1v) is 18.5. The summed E-state index contributed by atoms with van der Waals surface area (Å²) in [5.74, 6) is 0.603. The Hall–Kier alpha value is -4.28. The van der Waals surface area contributed by atoms with Crippen LogP contribution in [-0.2, 0) is 20.6 Å². The van der Waals surface area contributed by atoms with E-state index < -0.39 is 104 Å². The summed E-state index contributed by atoms with van der Waals surface area (Å²) in [5, 5.41) is 91.4. The van der Waals surface area contributed by atoms with Crippen molar-refractivity contribution in [2.75, 3.05) is 13.2 Å². The first-order chi connectivity index (χ1) is 27.4. The Morgan fingerprint density at radius 1 is 0.690 bits per heavy atom. The zero-order valence-corrected chi connectivity index (χ0v) is 31.9. The van der Waals surface area contributed by atoms with Crippen molar-refractivity contribution in [3.8, 4) is 11.5 Å². The van der Waals surface area contributed by atoms with Gasteiger partial charge in [-0.3, -0.25) is 0 Å². The van der Waals surface area contributed by atoms with E-state index >= 15 is 0 Å². The maximum atomic E-state index is 11.7. The van der Waals surface area contributed by atoms with Crippen LogP contribution < -0.4 is 20.7 Å². The minimum absolute atomic E-state index is 0.144. The zero-order valence-electron chi connectivity index (χ0n) is 31.9. The predicted molar refractivity (Wildman–Crippen MR) is 201 cm³/mol. The van der Waals surface area contributed by atoms with Crippen LogP contribution in [0.4, 0.5) is 0 Å². The third-order valence-electron chi connectivity index (χ3n) is 10.2. The highest BCUT2D eigenvalue weighted by Gasteiger charge is 2.51. The number of allylic oxidation sites excluding steroid dienone is 2. The van der Waals surface area contributed by atoms with Crippen LogP contribution in [-0.4, -0.2) is 132 Å². The second-order valence-corrected chi connectivity index (χ2v) is 15.1. The largest absolute Gasteiger partial charge is 0.484 e. The number of ether oxygens (including phenoxy) is 5. The Labute approximate surface area is 330 Å². The van der Waals surface area contributed by atoms with Crippen molar-refractivity contribution in [3.05, 3.63) is 92.1 Å². The van der Waals surface area contributed by atoms with Crippen LogP contribution >= 0.6 is 0 Å². The van der Waals surface area contributed by atoms with E-state index in [1.165, 1.54) is 12.1 Å². The van der Waals surface area contributed by atoms with Crippen LogP contribution in [0.5, 0.6) is 11.5 Å².